The molecular formula is C29H35N3O2S. The van der Waals surface area contributed by atoms with E-state index in [9.17, 15) is 0 Å². The molecule has 184 valence electrons. The highest BCUT2D eigenvalue weighted by Gasteiger charge is 2.16. The van der Waals surface area contributed by atoms with Gasteiger partial charge < -0.3 is 24.6 Å². The zero-order valence-corrected chi connectivity index (χ0v) is 21.3. The average Bonchev–Trinajstić information content (AvgIpc) is 2.89. The number of unbranched alkanes of at least 4 members (excludes halogenated alkanes) is 2. The summed E-state index contributed by atoms with van der Waals surface area (Å²) in [5.74, 6) is 1.78. The third kappa shape index (κ3) is 7.98. The van der Waals surface area contributed by atoms with Gasteiger partial charge in [0.25, 0.3) is 0 Å². The van der Waals surface area contributed by atoms with Gasteiger partial charge in [-0.1, -0.05) is 48.5 Å². The molecule has 4 rings (SSSR count). The van der Waals surface area contributed by atoms with Crippen molar-refractivity contribution in [3.05, 3.63) is 78.9 Å². The van der Waals surface area contributed by atoms with Crippen molar-refractivity contribution in [1.29, 1.82) is 0 Å². The van der Waals surface area contributed by atoms with Crippen LogP contribution < -0.4 is 14.8 Å². The van der Waals surface area contributed by atoms with Crippen LogP contribution >= 0.6 is 12.2 Å². The zero-order chi connectivity index (χ0) is 24.3. The number of likely N-dealkylation sites (N-methyl/N-ethyl adjacent to an activating group) is 1. The maximum absolute atomic E-state index is 5.96. The molecule has 6 heteroatoms. The van der Waals surface area contributed by atoms with Gasteiger partial charge in [0.15, 0.2) is 5.11 Å². The van der Waals surface area contributed by atoms with Crippen molar-refractivity contribution in [3.8, 4) is 22.6 Å². The molecule has 0 amide bonds. The molecule has 0 atom stereocenters. The van der Waals surface area contributed by atoms with Crippen LogP contribution in [0.3, 0.4) is 0 Å². The molecule has 3 aromatic carbocycles. The molecular weight excluding hydrogens is 454 g/mol. The fourth-order valence-electron chi connectivity index (χ4n) is 4.01. The van der Waals surface area contributed by atoms with E-state index in [0.717, 1.165) is 67.7 Å². The summed E-state index contributed by atoms with van der Waals surface area (Å²) >= 11 is 5.59. The van der Waals surface area contributed by atoms with Gasteiger partial charge in [0.2, 0.25) is 0 Å². The first-order chi connectivity index (χ1) is 17.2. The Labute approximate surface area is 214 Å². The second kappa shape index (κ2) is 13.1. The molecule has 0 aromatic heterocycles. The Hall–Kier alpha value is -3.09. The fourth-order valence-corrected chi connectivity index (χ4v) is 4.31. The van der Waals surface area contributed by atoms with Crippen LogP contribution in [-0.4, -0.2) is 61.4 Å². The summed E-state index contributed by atoms with van der Waals surface area (Å²) in [6, 6.07) is 26.7. The number of anilines is 1. The minimum Gasteiger partial charge on any atom is -0.494 e. The molecule has 1 fully saturated rings. The Morgan fingerprint density at radius 3 is 2.11 bits per heavy atom. The molecule has 1 heterocycles. The summed E-state index contributed by atoms with van der Waals surface area (Å²) in [5, 5.41) is 4.14. The Bertz CT molecular complexity index is 1050. The molecule has 0 unspecified atom stereocenters. The van der Waals surface area contributed by atoms with E-state index in [0.29, 0.717) is 13.2 Å². The van der Waals surface area contributed by atoms with Gasteiger partial charge in [-0.2, -0.15) is 0 Å². The van der Waals surface area contributed by atoms with Crippen molar-refractivity contribution in [2.24, 2.45) is 0 Å². The zero-order valence-electron chi connectivity index (χ0n) is 20.5. The summed E-state index contributed by atoms with van der Waals surface area (Å²) in [6.07, 6.45) is 3.06. The number of piperazine rings is 1. The number of rotatable bonds is 10. The van der Waals surface area contributed by atoms with E-state index in [2.05, 4.69) is 58.6 Å². The van der Waals surface area contributed by atoms with E-state index >= 15 is 0 Å². The van der Waals surface area contributed by atoms with Gasteiger partial charge in [0, 0.05) is 37.9 Å². The lowest BCUT2D eigenvalue weighted by molar-refractivity contribution is 0.217. The van der Waals surface area contributed by atoms with E-state index in [1.54, 1.807) is 0 Å². The third-order valence-corrected chi connectivity index (χ3v) is 6.52. The van der Waals surface area contributed by atoms with Crippen molar-refractivity contribution in [3.63, 3.8) is 0 Å². The molecule has 0 radical (unpaired) electrons. The van der Waals surface area contributed by atoms with E-state index in [4.69, 9.17) is 21.7 Å². The molecule has 0 aliphatic carbocycles. The normalized spacial score (nSPS) is 13.9. The standard InChI is InChI=1S/C29H35N3O2S/c1-31-17-19-32(20-18-31)29(35)30-26-11-8-12-28(23-26)34-22-7-3-6-21-33-27-15-13-25(14-16-27)24-9-4-2-5-10-24/h2,4-5,8-16,23H,3,6-7,17-22H2,1H3,(H,30,35). The maximum atomic E-state index is 5.96. The third-order valence-electron chi connectivity index (χ3n) is 6.16. The van der Waals surface area contributed by atoms with Crippen LogP contribution in [0.5, 0.6) is 11.5 Å². The summed E-state index contributed by atoms with van der Waals surface area (Å²) in [4.78, 5) is 4.55. The predicted molar refractivity (Wildman–Crippen MR) is 148 cm³/mol. The maximum Gasteiger partial charge on any atom is 0.173 e. The Morgan fingerprint density at radius 2 is 1.40 bits per heavy atom. The van der Waals surface area contributed by atoms with Gasteiger partial charge in [-0.3, -0.25) is 0 Å². The van der Waals surface area contributed by atoms with Crippen molar-refractivity contribution >= 4 is 23.0 Å². The first kappa shape index (κ1) is 25.0. The van der Waals surface area contributed by atoms with Crippen molar-refractivity contribution in [2.45, 2.75) is 19.3 Å². The minimum atomic E-state index is 0.693. The summed E-state index contributed by atoms with van der Waals surface area (Å²) in [5.41, 5.74) is 3.40. The molecule has 1 saturated heterocycles. The first-order valence-corrected chi connectivity index (χ1v) is 12.8. The summed E-state index contributed by atoms with van der Waals surface area (Å²) < 4.78 is 11.9. The van der Waals surface area contributed by atoms with Crippen molar-refractivity contribution in [1.82, 2.24) is 9.80 Å². The SMILES string of the molecule is CN1CCN(C(=S)Nc2cccc(OCCCCCOc3ccc(-c4ccccc4)cc3)c2)CC1. The quantitative estimate of drug-likeness (QED) is 0.281. The number of ether oxygens (including phenoxy) is 2. The van der Waals surface area contributed by atoms with Gasteiger partial charge in [0.1, 0.15) is 11.5 Å². The lowest BCUT2D eigenvalue weighted by Gasteiger charge is -2.34. The number of thiocarbonyl (C=S) groups is 1. The molecule has 35 heavy (non-hydrogen) atoms. The molecule has 0 bridgehead atoms. The minimum absolute atomic E-state index is 0.693. The molecule has 3 aromatic rings. The van der Waals surface area contributed by atoms with E-state index in [1.165, 1.54) is 11.1 Å². The topological polar surface area (TPSA) is 37.0 Å². The number of hydrogen-bond donors (Lipinski definition) is 1. The number of nitrogens with zero attached hydrogens (tertiary/aromatic N) is 2. The number of nitrogens with one attached hydrogen (secondary N) is 1. The second-order valence-corrected chi connectivity index (χ2v) is 9.28. The second-order valence-electron chi connectivity index (χ2n) is 8.90. The number of hydrogen-bond acceptors (Lipinski definition) is 4. The lowest BCUT2D eigenvalue weighted by Crippen LogP contribution is -2.48. The van der Waals surface area contributed by atoms with Gasteiger partial charge in [-0.25, -0.2) is 0 Å². The molecule has 1 aliphatic rings. The smallest absolute Gasteiger partial charge is 0.173 e. The average molecular weight is 490 g/mol. The van der Waals surface area contributed by atoms with Crippen molar-refractivity contribution in [2.75, 3.05) is 51.8 Å². The van der Waals surface area contributed by atoms with Gasteiger partial charge in [-0.15, -0.1) is 0 Å². The van der Waals surface area contributed by atoms with E-state index < -0.39 is 0 Å². The largest absolute Gasteiger partial charge is 0.494 e. The predicted octanol–water partition coefficient (Wildman–Crippen LogP) is 5.93. The summed E-state index contributed by atoms with van der Waals surface area (Å²) in [7, 11) is 2.15. The highest BCUT2D eigenvalue weighted by Crippen LogP contribution is 2.22. The Kier molecular flexibility index (Phi) is 9.38. The van der Waals surface area contributed by atoms with Gasteiger partial charge >= 0.3 is 0 Å². The Morgan fingerprint density at radius 1 is 0.743 bits per heavy atom. The molecule has 1 aliphatic heterocycles. The van der Waals surface area contributed by atoms with Crippen LogP contribution in [0.2, 0.25) is 0 Å². The summed E-state index contributed by atoms with van der Waals surface area (Å²) in [6.45, 7) is 5.40. The molecule has 1 N–H and O–H groups in total. The highest BCUT2D eigenvalue weighted by molar-refractivity contribution is 7.80. The van der Waals surface area contributed by atoms with Crippen LogP contribution in [-0.2, 0) is 0 Å². The Balaban J connectivity index is 1.10. The first-order valence-electron chi connectivity index (χ1n) is 12.4. The molecule has 5 nitrogen and oxygen atoms in total. The number of benzene rings is 3. The lowest BCUT2D eigenvalue weighted by atomic mass is 10.1. The van der Waals surface area contributed by atoms with E-state index in [-0.39, 0.29) is 0 Å². The van der Waals surface area contributed by atoms with Crippen LogP contribution in [0, 0.1) is 0 Å². The van der Waals surface area contributed by atoms with Crippen LogP contribution in [0.15, 0.2) is 78.9 Å². The van der Waals surface area contributed by atoms with Crippen LogP contribution in [0.1, 0.15) is 19.3 Å². The molecule has 0 saturated carbocycles. The highest BCUT2D eigenvalue weighted by atomic mass is 32.1. The van der Waals surface area contributed by atoms with E-state index in [1.807, 2.05) is 42.5 Å². The molecule has 0 spiro atoms. The fraction of sp³-hybridized carbons (Fsp3) is 0.345. The van der Waals surface area contributed by atoms with Crippen LogP contribution in [0.25, 0.3) is 11.1 Å². The van der Waals surface area contributed by atoms with Crippen molar-refractivity contribution < 1.29 is 9.47 Å². The van der Waals surface area contributed by atoms with Crippen LogP contribution in [0.4, 0.5) is 5.69 Å². The van der Waals surface area contributed by atoms with Gasteiger partial charge in [0.05, 0.1) is 13.2 Å². The monoisotopic (exact) mass is 489 g/mol. The van der Waals surface area contributed by atoms with Gasteiger partial charge in [-0.05, 0) is 73.9 Å².